The summed E-state index contributed by atoms with van der Waals surface area (Å²) in [5.74, 6) is 0. The van der Waals surface area contributed by atoms with Crippen molar-refractivity contribution in [3.05, 3.63) is 18.0 Å². The van der Waals surface area contributed by atoms with Crippen LogP contribution in [0.15, 0.2) is 12.4 Å². The van der Waals surface area contributed by atoms with Crippen molar-refractivity contribution >= 4 is 0 Å². The molecule has 98 valence electrons. The van der Waals surface area contributed by atoms with Gasteiger partial charge >= 0.3 is 0 Å². The number of aromatic nitrogens is 2. The molecule has 1 aromatic heterocycles. The largest absolute Gasteiger partial charge is 0.308 e. The molecule has 0 aliphatic heterocycles. The molecule has 3 nitrogen and oxygen atoms in total. The molecule has 0 unspecified atom stereocenters. The highest BCUT2D eigenvalue weighted by Crippen LogP contribution is 2.19. The molecular weight excluding hydrogens is 210 g/mol. The minimum Gasteiger partial charge on any atom is -0.308 e. The number of rotatable bonds is 4. The molecule has 1 rings (SSSR count). The van der Waals surface area contributed by atoms with E-state index in [0.717, 1.165) is 19.5 Å². The van der Waals surface area contributed by atoms with Crippen molar-refractivity contribution < 1.29 is 0 Å². The summed E-state index contributed by atoms with van der Waals surface area (Å²) in [6, 6.07) is 0. The van der Waals surface area contributed by atoms with Gasteiger partial charge in [-0.05, 0) is 32.6 Å². The van der Waals surface area contributed by atoms with Gasteiger partial charge in [-0.15, -0.1) is 0 Å². The van der Waals surface area contributed by atoms with Crippen LogP contribution in [0, 0.1) is 5.41 Å². The van der Waals surface area contributed by atoms with E-state index in [9.17, 15) is 0 Å². The Hall–Kier alpha value is -0.830. The monoisotopic (exact) mass is 237 g/mol. The van der Waals surface area contributed by atoms with Gasteiger partial charge in [0.05, 0.1) is 6.20 Å². The van der Waals surface area contributed by atoms with Gasteiger partial charge in [-0.2, -0.15) is 5.10 Å². The Balaban J connectivity index is 2.43. The zero-order chi connectivity index (χ0) is 13.1. The quantitative estimate of drug-likeness (QED) is 0.871. The second kappa shape index (κ2) is 5.21. The van der Waals surface area contributed by atoms with Crippen molar-refractivity contribution in [1.29, 1.82) is 0 Å². The third kappa shape index (κ3) is 6.47. The number of hydrogen-bond acceptors (Lipinski definition) is 2. The zero-order valence-corrected chi connectivity index (χ0v) is 12.2. The van der Waals surface area contributed by atoms with Crippen LogP contribution in [0.25, 0.3) is 0 Å². The molecule has 0 aliphatic carbocycles. The van der Waals surface area contributed by atoms with Gasteiger partial charge in [0, 0.05) is 30.4 Å². The Bertz CT molecular complexity index is 307. The van der Waals surface area contributed by atoms with Crippen LogP contribution in [0.3, 0.4) is 0 Å². The van der Waals surface area contributed by atoms with Gasteiger partial charge in [-0.3, -0.25) is 4.68 Å². The Morgan fingerprint density at radius 3 is 2.35 bits per heavy atom. The van der Waals surface area contributed by atoms with Crippen molar-refractivity contribution in [1.82, 2.24) is 15.1 Å². The summed E-state index contributed by atoms with van der Waals surface area (Å²) in [6.45, 7) is 15.2. The van der Waals surface area contributed by atoms with E-state index < -0.39 is 0 Å². The molecule has 0 fully saturated rings. The smallest absolute Gasteiger partial charge is 0.0534 e. The zero-order valence-electron chi connectivity index (χ0n) is 12.2. The molecule has 0 saturated heterocycles. The van der Waals surface area contributed by atoms with E-state index in [1.807, 2.05) is 10.9 Å². The summed E-state index contributed by atoms with van der Waals surface area (Å²) in [5, 5.41) is 7.87. The minimum atomic E-state index is 0.160. The van der Waals surface area contributed by atoms with Gasteiger partial charge in [-0.1, -0.05) is 20.8 Å². The fraction of sp³-hybridized carbons (Fsp3) is 0.786. The number of hydrogen-bond donors (Lipinski definition) is 1. The van der Waals surface area contributed by atoms with Gasteiger partial charge < -0.3 is 5.32 Å². The average molecular weight is 237 g/mol. The third-order valence-corrected chi connectivity index (χ3v) is 2.60. The lowest BCUT2D eigenvalue weighted by atomic mass is 9.92. The molecule has 0 bridgehead atoms. The van der Waals surface area contributed by atoms with Gasteiger partial charge in [0.1, 0.15) is 0 Å². The molecule has 3 heteroatoms. The minimum absolute atomic E-state index is 0.160. The highest BCUT2D eigenvalue weighted by molar-refractivity contribution is 5.04. The van der Waals surface area contributed by atoms with Crippen LogP contribution in [-0.2, 0) is 13.1 Å². The van der Waals surface area contributed by atoms with E-state index in [2.05, 4.69) is 58.2 Å². The lowest BCUT2D eigenvalue weighted by Gasteiger charge is -2.19. The van der Waals surface area contributed by atoms with Crippen molar-refractivity contribution in [2.24, 2.45) is 5.41 Å². The Morgan fingerprint density at radius 1 is 1.18 bits per heavy atom. The molecule has 1 N–H and O–H groups in total. The van der Waals surface area contributed by atoms with Crippen molar-refractivity contribution in [2.75, 3.05) is 0 Å². The number of nitrogens with zero attached hydrogens (tertiary/aromatic N) is 2. The predicted molar refractivity (Wildman–Crippen MR) is 72.9 cm³/mol. The average Bonchev–Trinajstić information content (AvgIpc) is 2.57. The third-order valence-electron chi connectivity index (χ3n) is 2.60. The number of nitrogens with one attached hydrogen (secondary N) is 1. The first-order chi connectivity index (χ1) is 7.66. The van der Waals surface area contributed by atoms with Gasteiger partial charge in [0.25, 0.3) is 0 Å². The summed E-state index contributed by atoms with van der Waals surface area (Å²) in [4.78, 5) is 0. The normalized spacial score (nSPS) is 13.1. The molecule has 0 spiro atoms. The molecule has 17 heavy (non-hydrogen) atoms. The molecule has 0 aliphatic rings. The summed E-state index contributed by atoms with van der Waals surface area (Å²) in [5.41, 5.74) is 1.79. The SMILES string of the molecule is CC(C)(C)CCn1cc(CNC(C)(C)C)cn1. The number of aryl methyl sites for hydroxylation is 1. The Kier molecular flexibility index (Phi) is 4.36. The van der Waals surface area contributed by atoms with E-state index in [-0.39, 0.29) is 5.54 Å². The first-order valence-electron chi connectivity index (χ1n) is 6.42. The maximum Gasteiger partial charge on any atom is 0.0534 e. The molecule has 0 aromatic carbocycles. The molecule has 0 radical (unpaired) electrons. The summed E-state index contributed by atoms with van der Waals surface area (Å²) >= 11 is 0. The summed E-state index contributed by atoms with van der Waals surface area (Å²) in [6.07, 6.45) is 5.26. The van der Waals surface area contributed by atoms with E-state index in [0.29, 0.717) is 5.41 Å². The van der Waals surface area contributed by atoms with Crippen molar-refractivity contribution in [2.45, 2.75) is 66.6 Å². The van der Waals surface area contributed by atoms with Gasteiger partial charge in [0.15, 0.2) is 0 Å². The molecule has 1 aromatic rings. The van der Waals surface area contributed by atoms with E-state index >= 15 is 0 Å². The van der Waals surface area contributed by atoms with Gasteiger partial charge in [0.2, 0.25) is 0 Å². The Labute approximate surface area is 106 Å². The lowest BCUT2D eigenvalue weighted by Crippen LogP contribution is -2.34. The topological polar surface area (TPSA) is 29.9 Å². The van der Waals surface area contributed by atoms with Crippen LogP contribution in [0.5, 0.6) is 0 Å². The van der Waals surface area contributed by atoms with Gasteiger partial charge in [-0.25, -0.2) is 0 Å². The van der Waals surface area contributed by atoms with Crippen LogP contribution in [0.4, 0.5) is 0 Å². The maximum absolute atomic E-state index is 4.40. The molecule has 1 heterocycles. The standard InChI is InChI=1S/C14H27N3/c1-13(2,3)7-8-17-11-12(10-16-17)9-15-14(4,5)6/h10-11,15H,7-9H2,1-6H3. The first kappa shape index (κ1) is 14.2. The summed E-state index contributed by atoms with van der Waals surface area (Å²) < 4.78 is 2.05. The molecular formula is C14H27N3. The molecule has 0 atom stereocenters. The van der Waals surface area contributed by atoms with Crippen molar-refractivity contribution in [3.8, 4) is 0 Å². The predicted octanol–water partition coefficient (Wildman–Crippen LogP) is 3.21. The van der Waals surface area contributed by atoms with Crippen LogP contribution < -0.4 is 5.32 Å². The molecule has 0 amide bonds. The lowest BCUT2D eigenvalue weighted by molar-refractivity contribution is 0.341. The highest BCUT2D eigenvalue weighted by Gasteiger charge is 2.11. The first-order valence-corrected chi connectivity index (χ1v) is 6.42. The van der Waals surface area contributed by atoms with E-state index in [1.54, 1.807) is 0 Å². The fourth-order valence-corrected chi connectivity index (χ4v) is 1.44. The molecule has 0 saturated carbocycles. The summed E-state index contributed by atoms with van der Waals surface area (Å²) in [7, 11) is 0. The highest BCUT2D eigenvalue weighted by atomic mass is 15.3. The second-order valence-corrected chi connectivity index (χ2v) is 7.03. The van der Waals surface area contributed by atoms with Crippen LogP contribution in [0.1, 0.15) is 53.5 Å². The maximum atomic E-state index is 4.40. The fourth-order valence-electron chi connectivity index (χ4n) is 1.44. The van der Waals surface area contributed by atoms with Crippen molar-refractivity contribution in [3.63, 3.8) is 0 Å². The van der Waals surface area contributed by atoms with Crippen LogP contribution >= 0.6 is 0 Å². The Morgan fingerprint density at radius 2 is 1.82 bits per heavy atom. The van der Waals surface area contributed by atoms with Crippen LogP contribution in [0.2, 0.25) is 0 Å². The second-order valence-electron chi connectivity index (χ2n) is 7.03. The van der Waals surface area contributed by atoms with E-state index in [1.165, 1.54) is 5.56 Å². The van der Waals surface area contributed by atoms with E-state index in [4.69, 9.17) is 0 Å². The van der Waals surface area contributed by atoms with Crippen LogP contribution in [-0.4, -0.2) is 15.3 Å².